The molecule has 1 saturated heterocycles. The number of nitrogens with zero attached hydrogens (tertiary/aromatic N) is 1. The van der Waals surface area contributed by atoms with Crippen molar-refractivity contribution in [2.75, 3.05) is 42.9 Å². The molecule has 2 rings (SSSR count). The standard InChI is InChI=1S/C12H19N3/c1-2-14-11-3-5-12(6-4-11)15-9-7-13-8-10-15/h3-6,13-14H,2,7-10H2,1H3. The fraction of sp³-hybridized carbons (Fsp3) is 0.500. The summed E-state index contributed by atoms with van der Waals surface area (Å²) in [7, 11) is 0. The van der Waals surface area contributed by atoms with Crippen LogP contribution < -0.4 is 15.5 Å². The lowest BCUT2D eigenvalue weighted by atomic mass is 10.2. The number of anilines is 2. The lowest BCUT2D eigenvalue weighted by Gasteiger charge is -2.29. The van der Waals surface area contributed by atoms with Gasteiger partial charge in [0.2, 0.25) is 0 Å². The number of piperazine rings is 1. The number of benzene rings is 1. The van der Waals surface area contributed by atoms with Gasteiger partial charge in [-0.2, -0.15) is 0 Å². The Morgan fingerprint density at radius 2 is 1.87 bits per heavy atom. The van der Waals surface area contributed by atoms with Gasteiger partial charge in [0.1, 0.15) is 0 Å². The number of nitrogens with one attached hydrogen (secondary N) is 2. The minimum Gasteiger partial charge on any atom is -0.385 e. The number of rotatable bonds is 3. The van der Waals surface area contributed by atoms with Crippen LogP contribution in [0.15, 0.2) is 24.3 Å². The van der Waals surface area contributed by atoms with Crippen LogP contribution in [0.3, 0.4) is 0 Å². The molecule has 0 unspecified atom stereocenters. The molecule has 2 N–H and O–H groups in total. The molecular formula is C12H19N3. The van der Waals surface area contributed by atoms with Crippen molar-refractivity contribution in [2.45, 2.75) is 6.92 Å². The van der Waals surface area contributed by atoms with Crippen LogP contribution in [0.5, 0.6) is 0 Å². The zero-order chi connectivity index (χ0) is 10.5. The van der Waals surface area contributed by atoms with Crippen molar-refractivity contribution < 1.29 is 0 Å². The lowest BCUT2D eigenvalue weighted by Crippen LogP contribution is -2.43. The smallest absolute Gasteiger partial charge is 0.0368 e. The molecule has 15 heavy (non-hydrogen) atoms. The molecule has 3 nitrogen and oxygen atoms in total. The molecule has 0 radical (unpaired) electrons. The summed E-state index contributed by atoms with van der Waals surface area (Å²) in [5.41, 5.74) is 2.54. The van der Waals surface area contributed by atoms with E-state index < -0.39 is 0 Å². The molecule has 1 aliphatic rings. The summed E-state index contributed by atoms with van der Waals surface area (Å²) in [5.74, 6) is 0. The molecule has 0 spiro atoms. The monoisotopic (exact) mass is 205 g/mol. The lowest BCUT2D eigenvalue weighted by molar-refractivity contribution is 0.589. The van der Waals surface area contributed by atoms with Gasteiger partial charge < -0.3 is 15.5 Å². The Kier molecular flexibility index (Phi) is 3.45. The van der Waals surface area contributed by atoms with Crippen LogP contribution in [0, 0.1) is 0 Å². The topological polar surface area (TPSA) is 27.3 Å². The minimum absolute atomic E-state index is 0.979. The Morgan fingerprint density at radius 3 is 2.47 bits per heavy atom. The van der Waals surface area contributed by atoms with E-state index in [2.05, 4.69) is 46.7 Å². The molecule has 3 heteroatoms. The molecule has 0 atom stereocenters. The summed E-state index contributed by atoms with van der Waals surface area (Å²) < 4.78 is 0. The molecule has 1 aromatic carbocycles. The van der Waals surface area contributed by atoms with Gasteiger partial charge in [0.15, 0.2) is 0 Å². The highest BCUT2D eigenvalue weighted by Crippen LogP contribution is 2.17. The summed E-state index contributed by atoms with van der Waals surface area (Å²) >= 11 is 0. The number of hydrogen-bond acceptors (Lipinski definition) is 3. The predicted molar refractivity (Wildman–Crippen MR) is 65.7 cm³/mol. The maximum Gasteiger partial charge on any atom is 0.0368 e. The first-order chi connectivity index (χ1) is 7.40. The van der Waals surface area contributed by atoms with Gasteiger partial charge in [-0.05, 0) is 31.2 Å². The third-order valence-corrected chi connectivity index (χ3v) is 2.73. The van der Waals surface area contributed by atoms with Crippen molar-refractivity contribution in [3.05, 3.63) is 24.3 Å². The van der Waals surface area contributed by atoms with Crippen LogP contribution in [-0.4, -0.2) is 32.7 Å². The van der Waals surface area contributed by atoms with Crippen molar-refractivity contribution in [1.82, 2.24) is 5.32 Å². The first-order valence-corrected chi connectivity index (χ1v) is 5.70. The third-order valence-electron chi connectivity index (χ3n) is 2.73. The molecular weight excluding hydrogens is 186 g/mol. The molecule has 1 aromatic rings. The van der Waals surface area contributed by atoms with Crippen LogP contribution in [0.1, 0.15) is 6.92 Å². The van der Waals surface area contributed by atoms with Crippen LogP contribution in [0.25, 0.3) is 0 Å². The van der Waals surface area contributed by atoms with Gasteiger partial charge in [-0.25, -0.2) is 0 Å². The van der Waals surface area contributed by atoms with Crippen molar-refractivity contribution in [2.24, 2.45) is 0 Å². The molecule has 1 heterocycles. The molecule has 0 aromatic heterocycles. The van der Waals surface area contributed by atoms with Gasteiger partial charge in [-0.3, -0.25) is 0 Å². The Labute approximate surface area is 91.5 Å². The molecule has 0 amide bonds. The van der Waals surface area contributed by atoms with E-state index in [0.717, 1.165) is 32.7 Å². The van der Waals surface area contributed by atoms with Crippen LogP contribution in [0.2, 0.25) is 0 Å². The van der Waals surface area contributed by atoms with Gasteiger partial charge in [-0.15, -0.1) is 0 Å². The third kappa shape index (κ3) is 2.63. The summed E-state index contributed by atoms with van der Waals surface area (Å²) in [6, 6.07) is 8.70. The molecule has 1 aliphatic heterocycles. The summed E-state index contributed by atoms with van der Waals surface area (Å²) in [5, 5.41) is 6.67. The van der Waals surface area contributed by atoms with Crippen molar-refractivity contribution >= 4 is 11.4 Å². The first-order valence-electron chi connectivity index (χ1n) is 5.70. The Balaban J connectivity index is 2.02. The van der Waals surface area contributed by atoms with Crippen molar-refractivity contribution in [3.63, 3.8) is 0 Å². The molecule has 82 valence electrons. The van der Waals surface area contributed by atoms with Crippen LogP contribution in [-0.2, 0) is 0 Å². The summed E-state index contributed by atoms with van der Waals surface area (Å²) in [6.07, 6.45) is 0. The average molecular weight is 205 g/mol. The minimum atomic E-state index is 0.979. The maximum absolute atomic E-state index is 3.36. The zero-order valence-electron chi connectivity index (χ0n) is 9.29. The summed E-state index contributed by atoms with van der Waals surface area (Å²) in [6.45, 7) is 7.50. The fourth-order valence-electron chi connectivity index (χ4n) is 1.92. The molecule has 0 aliphatic carbocycles. The largest absolute Gasteiger partial charge is 0.385 e. The van der Waals surface area contributed by atoms with Crippen molar-refractivity contribution in [1.29, 1.82) is 0 Å². The zero-order valence-corrected chi connectivity index (χ0v) is 9.29. The fourth-order valence-corrected chi connectivity index (χ4v) is 1.92. The van der Waals surface area contributed by atoms with E-state index in [1.807, 2.05) is 0 Å². The Morgan fingerprint density at radius 1 is 1.20 bits per heavy atom. The van der Waals surface area contributed by atoms with Gasteiger partial charge >= 0.3 is 0 Å². The molecule has 0 saturated carbocycles. The highest BCUT2D eigenvalue weighted by molar-refractivity contribution is 5.55. The highest BCUT2D eigenvalue weighted by Gasteiger charge is 2.09. The Hall–Kier alpha value is -1.22. The predicted octanol–water partition coefficient (Wildman–Crippen LogP) is 1.53. The first kappa shape index (κ1) is 10.3. The van der Waals surface area contributed by atoms with Gasteiger partial charge in [-0.1, -0.05) is 0 Å². The quantitative estimate of drug-likeness (QED) is 0.783. The Bertz CT molecular complexity index is 288. The second kappa shape index (κ2) is 5.03. The van der Waals surface area contributed by atoms with E-state index in [1.54, 1.807) is 0 Å². The summed E-state index contributed by atoms with van der Waals surface area (Å²) in [4.78, 5) is 2.42. The van der Waals surface area contributed by atoms with E-state index >= 15 is 0 Å². The second-order valence-corrected chi connectivity index (χ2v) is 3.81. The molecule has 0 bridgehead atoms. The highest BCUT2D eigenvalue weighted by atomic mass is 15.2. The second-order valence-electron chi connectivity index (χ2n) is 3.81. The number of hydrogen-bond donors (Lipinski definition) is 2. The average Bonchev–Trinajstić information content (AvgIpc) is 2.32. The van der Waals surface area contributed by atoms with E-state index in [4.69, 9.17) is 0 Å². The normalized spacial score (nSPS) is 16.5. The van der Waals surface area contributed by atoms with Gasteiger partial charge in [0.25, 0.3) is 0 Å². The van der Waals surface area contributed by atoms with E-state index in [9.17, 15) is 0 Å². The van der Waals surface area contributed by atoms with Crippen LogP contribution >= 0.6 is 0 Å². The van der Waals surface area contributed by atoms with E-state index in [1.165, 1.54) is 11.4 Å². The van der Waals surface area contributed by atoms with E-state index in [-0.39, 0.29) is 0 Å². The van der Waals surface area contributed by atoms with Gasteiger partial charge in [0, 0.05) is 44.1 Å². The van der Waals surface area contributed by atoms with E-state index in [0.29, 0.717) is 0 Å². The van der Waals surface area contributed by atoms with Crippen LogP contribution in [0.4, 0.5) is 11.4 Å². The maximum atomic E-state index is 3.36. The SMILES string of the molecule is CCNc1ccc(N2CCNCC2)cc1. The van der Waals surface area contributed by atoms with Gasteiger partial charge in [0.05, 0.1) is 0 Å². The van der Waals surface area contributed by atoms with Crippen molar-refractivity contribution in [3.8, 4) is 0 Å². The molecule has 1 fully saturated rings.